The van der Waals surface area contributed by atoms with Gasteiger partial charge in [0, 0.05) is 19.6 Å². The first kappa shape index (κ1) is 15.1. The topological polar surface area (TPSA) is 116 Å². The normalized spacial score (nSPS) is 31.8. The lowest BCUT2D eigenvalue weighted by Crippen LogP contribution is -2.29. The number of hydrogen-bond donors (Lipinski definition) is 4. The maximum atomic E-state index is 14.7. The quantitative estimate of drug-likeness (QED) is 0.600. The van der Waals surface area contributed by atoms with Crippen LogP contribution in [0.4, 0.5) is 10.2 Å². The second-order valence-corrected chi connectivity index (χ2v) is 5.39. The van der Waals surface area contributed by atoms with E-state index in [0.717, 1.165) is 0 Å². The second kappa shape index (κ2) is 5.75. The van der Waals surface area contributed by atoms with Gasteiger partial charge in [0.1, 0.15) is 24.1 Å². The van der Waals surface area contributed by atoms with Crippen molar-refractivity contribution >= 4 is 17.0 Å². The monoisotopic (exact) mass is 311 g/mol. The average Bonchev–Trinajstić information content (AvgIpc) is 3.03. The number of rotatable bonds is 4. The Hall–Kier alpha value is -1.84. The van der Waals surface area contributed by atoms with Crippen LogP contribution < -0.4 is 5.32 Å². The van der Waals surface area contributed by atoms with Crippen molar-refractivity contribution in [2.24, 2.45) is 5.92 Å². The van der Waals surface area contributed by atoms with Gasteiger partial charge in [-0.1, -0.05) is 0 Å². The van der Waals surface area contributed by atoms with Crippen molar-refractivity contribution in [1.29, 1.82) is 0 Å². The van der Waals surface area contributed by atoms with E-state index in [-0.39, 0.29) is 13.0 Å². The molecule has 0 bridgehead atoms. The number of nitrogens with one attached hydrogen (secondary N) is 1. The lowest BCUT2D eigenvalue weighted by molar-refractivity contribution is 0.00238. The van der Waals surface area contributed by atoms with Crippen molar-refractivity contribution in [3.05, 3.63) is 12.7 Å². The van der Waals surface area contributed by atoms with Crippen LogP contribution in [0.3, 0.4) is 0 Å². The molecule has 1 saturated carbocycles. The van der Waals surface area contributed by atoms with E-state index < -0.39 is 30.3 Å². The minimum atomic E-state index is -1.51. The number of aliphatic hydroxyl groups excluding tert-OH is 3. The van der Waals surface area contributed by atoms with Gasteiger partial charge in [0.05, 0.1) is 18.5 Å². The van der Waals surface area contributed by atoms with E-state index in [4.69, 9.17) is 5.11 Å². The van der Waals surface area contributed by atoms with Crippen LogP contribution in [0.1, 0.15) is 12.5 Å². The molecule has 120 valence electrons. The van der Waals surface area contributed by atoms with Gasteiger partial charge in [0.25, 0.3) is 0 Å². The molecule has 1 aliphatic carbocycles. The average molecular weight is 311 g/mol. The fourth-order valence-corrected chi connectivity index (χ4v) is 3.14. The Kier molecular flexibility index (Phi) is 3.94. The van der Waals surface area contributed by atoms with E-state index in [1.54, 1.807) is 7.05 Å². The molecule has 0 spiro atoms. The first-order valence-electron chi connectivity index (χ1n) is 7.06. The predicted molar refractivity (Wildman–Crippen MR) is 76.0 cm³/mol. The molecule has 0 aliphatic heterocycles. The second-order valence-electron chi connectivity index (χ2n) is 5.39. The van der Waals surface area contributed by atoms with Crippen LogP contribution in [0, 0.1) is 5.92 Å². The molecular formula is C13H18FN5O3. The molecule has 0 radical (unpaired) electrons. The van der Waals surface area contributed by atoms with Crippen molar-refractivity contribution in [3.8, 4) is 0 Å². The van der Waals surface area contributed by atoms with Gasteiger partial charge in [0.2, 0.25) is 0 Å². The van der Waals surface area contributed by atoms with Crippen LogP contribution >= 0.6 is 0 Å². The van der Waals surface area contributed by atoms with Gasteiger partial charge >= 0.3 is 0 Å². The number of nitrogens with zero attached hydrogens (tertiary/aromatic N) is 4. The molecule has 4 N–H and O–H groups in total. The van der Waals surface area contributed by atoms with E-state index in [2.05, 4.69) is 20.3 Å². The van der Waals surface area contributed by atoms with Crippen LogP contribution in [-0.2, 0) is 0 Å². The lowest BCUT2D eigenvalue weighted by Gasteiger charge is -2.19. The summed E-state index contributed by atoms with van der Waals surface area (Å²) in [5, 5.41) is 32.1. The third-order valence-corrected chi connectivity index (χ3v) is 4.25. The molecule has 9 heteroatoms. The Balaban J connectivity index is 2.04. The Morgan fingerprint density at radius 3 is 2.73 bits per heavy atom. The Morgan fingerprint density at radius 1 is 1.27 bits per heavy atom. The summed E-state index contributed by atoms with van der Waals surface area (Å²) in [6.45, 7) is -0.252. The van der Waals surface area contributed by atoms with Gasteiger partial charge < -0.3 is 25.2 Å². The van der Waals surface area contributed by atoms with Gasteiger partial charge in [-0.2, -0.15) is 0 Å². The zero-order valence-electron chi connectivity index (χ0n) is 12.0. The van der Waals surface area contributed by atoms with Crippen molar-refractivity contribution in [1.82, 2.24) is 19.5 Å². The maximum absolute atomic E-state index is 14.7. The smallest absolute Gasteiger partial charge is 0.165 e. The van der Waals surface area contributed by atoms with E-state index >= 15 is 0 Å². The molecule has 22 heavy (non-hydrogen) atoms. The third kappa shape index (κ3) is 2.13. The largest absolute Gasteiger partial charge is 0.396 e. The highest BCUT2D eigenvalue weighted by molar-refractivity contribution is 5.82. The number of aliphatic hydroxyl groups is 3. The fourth-order valence-electron chi connectivity index (χ4n) is 3.14. The molecule has 2 aromatic rings. The summed E-state index contributed by atoms with van der Waals surface area (Å²) >= 11 is 0. The number of hydrogen-bond acceptors (Lipinski definition) is 7. The van der Waals surface area contributed by atoms with Crippen LogP contribution in [0.25, 0.3) is 11.2 Å². The Labute approximate surface area is 125 Å². The zero-order chi connectivity index (χ0) is 15.9. The SMILES string of the molecule is CNc1ncnc2c1ncn2[C@H]1[C@H](O)[C@H](O)[C@@H](CCO)[C@H]1F. The summed E-state index contributed by atoms with van der Waals surface area (Å²) in [7, 11) is 1.68. The van der Waals surface area contributed by atoms with Gasteiger partial charge in [-0.15, -0.1) is 0 Å². The number of alkyl halides is 1. The summed E-state index contributed by atoms with van der Waals surface area (Å²) < 4.78 is 16.1. The maximum Gasteiger partial charge on any atom is 0.165 e. The molecule has 0 aromatic carbocycles. The fraction of sp³-hybridized carbons (Fsp3) is 0.615. The van der Waals surface area contributed by atoms with E-state index in [1.807, 2.05) is 0 Å². The molecule has 0 saturated heterocycles. The molecule has 1 fully saturated rings. The van der Waals surface area contributed by atoms with Crippen molar-refractivity contribution in [2.75, 3.05) is 19.0 Å². The standard InChI is InChI=1S/C13H18FN5O3/c1-15-12-8-13(17-4-16-12)19(5-18-8)9-7(14)6(2-3-20)10(21)11(9)22/h4-7,9-11,20-22H,2-3H2,1H3,(H,15,16,17)/t6-,7+,9+,10+,11-/m0/s1. The number of fused-ring (bicyclic) bond motifs is 1. The molecule has 5 atom stereocenters. The molecule has 0 unspecified atom stereocenters. The summed E-state index contributed by atoms with van der Waals surface area (Å²) in [5.74, 6) is -0.327. The van der Waals surface area contributed by atoms with Crippen LogP contribution in [0.5, 0.6) is 0 Å². The van der Waals surface area contributed by atoms with E-state index in [9.17, 15) is 14.6 Å². The lowest BCUT2D eigenvalue weighted by atomic mass is 10.0. The zero-order valence-corrected chi connectivity index (χ0v) is 12.0. The molecule has 2 aromatic heterocycles. The van der Waals surface area contributed by atoms with Crippen molar-refractivity contribution in [3.63, 3.8) is 0 Å². The minimum absolute atomic E-state index is 0.0826. The molecule has 0 amide bonds. The number of imidazole rings is 1. The highest BCUT2D eigenvalue weighted by Crippen LogP contribution is 2.40. The summed E-state index contributed by atoms with van der Waals surface area (Å²) in [4.78, 5) is 12.3. The minimum Gasteiger partial charge on any atom is -0.396 e. The van der Waals surface area contributed by atoms with Crippen LogP contribution in [0.15, 0.2) is 12.7 Å². The number of aromatic nitrogens is 4. The van der Waals surface area contributed by atoms with Gasteiger partial charge in [-0.3, -0.25) is 0 Å². The van der Waals surface area contributed by atoms with Crippen molar-refractivity contribution in [2.45, 2.75) is 30.8 Å². The Morgan fingerprint density at radius 2 is 2.05 bits per heavy atom. The molecule has 1 aliphatic rings. The van der Waals surface area contributed by atoms with Crippen LogP contribution in [0.2, 0.25) is 0 Å². The molecule has 3 rings (SSSR count). The summed E-state index contributed by atoms with van der Waals surface area (Å²) in [5.41, 5.74) is 0.840. The summed E-state index contributed by atoms with van der Waals surface area (Å²) in [6.07, 6.45) is -1.26. The molecule has 8 nitrogen and oxygen atoms in total. The van der Waals surface area contributed by atoms with E-state index in [0.29, 0.717) is 17.0 Å². The summed E-state index contributed by atoms with van der Waals surface area (Å²) in [6, 6.07) is -1.00. The number of halogens is 1. The van der Waals surface area contributed by atoms with Gasteiger partial charge in [0.15, 0.2) is 11.5 Å². The predicted octanol–water partition coefficient (Wildman–Crippen LogP) is -0.519. The highest BCUT2D eigenvalue weighted by atomic mass is 19.1. The first-order valence-corrected chi connectivity index (χ1v) is 7.06. The van der Waals surface area contributed by atoms with Crippen molar-refractivity contribution < 1.29 is 19.7 Å². The number of anilines is 1. The van der Waals surface area contributed by atoms with Gasteiger partial charge in [-0.25, -0.2) is 19.3 Å². The van der Waals surface area contributed by atoms with Gasteiger partial charge in [-0.05, 0) is 6.42 Å². The van der Waals surface area contributed by atoms with Crippen LogP contribution in [-0.4, -0.2) is 66.9 Å². The Bertz CT molecular complexity index is 666. The van der Waals surface area contributed by atoms with E-state index in [1.165, 1.54) is 17.2 Å². The third-order valence-electron chi connectivity index (χ3n) is 4.25. The molecular weight excluding hydrogens is 293 g/mol. The first-order chi connectivity index (χ1) is 10.6. The molecule has 2 heterocycles. The highest BCUT2D eigenvalue weighted by Gasteiger charge is 2.51.